The lowest BCUT2D eigenvalue weighted by Crippen LogP contribution is -2.15. The molecule has 4 aromatic carbocycles. The molecule has 43 heavy (non-hydrogen) atoms. The molecule has 0 unspecified atom stereocenters. The monoisotopic (exact) mass is 561 g/mol. The number of rotatable bonds is 4. The van der Waals surface area contributed by atoms with Gasteiger partial charge in [-0.05, 0) is 72.8 Å². The Balaban J connectivity index is 1.01. The standard InChI is InChI=1S/C33H23N9O/c1-40-30-8-2-20(28-18-41(38-36-28)24-4-6-26-22(14-24)10-12-34-26)16-32(30)43-33-17-21(3-9-31(33)40)29-19-42(39-37-29)25-5-7-27-23(15-25)11-13-35-27/h2-19,34-35H,1H3. The number of hydrogen-bond donors (Lipinski definition) is 2. The average molecular weight is 562 g/mol. The van der Waals surface area contributed by atoms with Crippen LogP contribution in [-0.4, -0.2) is 47.0 Å². The van der Waals surface area contributed by atoms with Crippen molar-refractivity contribution in [3.8, 4) is 45.4 Å². The molecule has 0 saturated heterocycles. The molecule has 206 valence electrons. The SMILES string of the molecule is CN1c2ccc(-c3cn(-c4ccc5[nH]ccc5c4)nn3)cc2Oc2cc(-c3cn(-c4ccc5[nH]ccc5c4)nn3)ccc21. The van der Waals surface area contributed by atoms with Crippen LogP contribution in [0.4, 0.5) is 11.4 Å². The second-order valence-electron chi connectivity index (χ2n) is 10.6. The van der Waals surface area contributed by atoms with Crippen LogP contribution in [0.5, 0.6) is 11.5 Å². The van der Waals surface area contributed by atoms with Crippen LogP contribution in [0.15, 0.2) is 110 Å². The van der Waals surface area contributed by atoms with Gasteiger partial charge < -0.3 is 19.6 Å². The Labute approximate surface area is 244 Å². The quantitative estimate of drug-likeness (QED) is 0.239. The molecule has 10 heteroatoms. The molecule has 0 bridgehead atoms. The molecule has 2 N–H and O–H groups in total. The summed E-state index contributed by atoms with van der Waals surface area (Å²) in [4.78, 5) is 8.58. The number of fused-ring (bicyclic) bond motifs is 4. The van der Waals surface area contributed by atoms with Crippen molar-refractivity contribution in [2.45, 2.75) is 0 Å². The van der Waals surface area contributed by atoms with Crippen molar-refractivity contribution in [3.05, 3.63) is 110 Å². The molecule has 0 amide bonds. The van der Waals surface area contributed by atoms with Crippen LogP contribution >= 0.6 is 0 Å². The van der Waals surface area contributed by atoms with Gasteiger partial charge in [0.1, 0.15) is 11.4 Å². The van der Waals surface area contributed by atoms with E-state index in [2.05, 4.69) is 59.8 Å². The van der Waals surface area contributed by atoms with Crippen molar-refractivity contribution in [1.29, 1.82) is 0 Å². The van der Waals surface area contributed by atoms with Crippen LogP contribution in [0.3, 0.4) is 0 Å². The molecule has 0 aliphatic carbocycles. The van der Waals surface area contributed by atoms with E-state index in [4.69, 9.17) is 4.74 Å². The molecule has 5 heterocycles. The topological polar surface area (TPSA) is 105 Å². The molecule has 1 aliphatic rings. The highest BCUT2D eigenvalue weighted by atomic mass is 16.5. The summed E-state index contributed by atoms with van der Waals surface area (Å²) in [5, 5.41) is 19.9. The molecule has 0 spiro atoms. The summed E-state index contributed by atoms with van der Waals surface area (Å²) < 4.78 is 10.1. The van der Waals surface area contributed by atoms with E-state index in [0.29, 0.717) is 0 Å². The lowest BCUT2D eigenvalue weighted by atomic mass is 10.1. The maximum atomic E-state index is 6.48. The summed E-state index contributed by atoms with van der Waals surface area (Å²) in [6.45, 7) is 0. The molecule has 0 atom stereocenters. The first-order valence-corrected chi connectivity index (χ1v) is 13.9. The number of ether oxygens (including phenoxy) is 1. The van der Waals surface area contributed by atoms with Crippen LogP contribution in [0.1, 0.15) is 0 Å². The smallest absolute Gasteiger partial charge is 0.151 e. The Morgan fingerprint density at radius 3 is 1.60 bits per heavy atom. The van der Waals surface area contributed by atoms with Crippen molar-refractivity contribution in [2.75, 3.05) is 11.9 Å². The third-order valence-corrected chi connectivity index (χ3v) is 8.04. The number of nitrogens with zero attached hydrogens (tertiary/aromatic N) is 7. The number of nitrogens with one attached hydrogen (secondary N) is 2. The normalized spacial score (nSPS) is 12.4. The summed E-state index contributed by atoms with van der Waals surface area (Å²) in [7, 11) is 2.04. The van der Waals surface area contributed by atoms with Gasteiger partial charge in [0.2, 0.25) is 0 Å². The number of aromatic amines is 2. The fourth-order valence-electron chi connectivity index (χ4n) is 5.72. The molecule has 8 aromatic rings. The van der Waals surface area contributed by atoms with E-state index in [9.17, 15) is 0 Å². The summed E-state index contributed by atoms with van der Waals surface area (Å²) in [5.74, 6) is 1.49. The van der Waals surface area contributed by atoms with Crippen LogP contribution < -0.4 is 9.64 Å². The van der Waals surface area contributed by atoms with Crippen molar-refractivity contribution in [2.24, 2.45) is 0 Å². The molecular weight excluding hydrogens is 538 g/mol. The minimum atomic E-state index is 0.747. The van der Waals surface area contributed by atoms with Crippen molar-refractivity contribution < 1.29 is 4.74 Å². The number of hydrogen-bond acceptors (Lipinski definition) is 6. The predicted octanol–water partition coefficient (Wildman–Crippen LogP) is 7.02. The largest absolute Gasteiger partial charge is 0.453 e. The lowest BCUT2D eigenvalue weighted by molar-refractivity contribution is 0.476. The van der Waals surface area contributed by atoms with E-state index in [0.717, 1.165) is 78.6 Å². The Kier molecular flexibility index (Phi) is 4.88. The highest BCUT2D eigenvalue weighted by Gasteiger charge is 2.24. The number of aromatic nitrogens is 8. The van der Waals surface area contributed by atoms with E-state index in [1.165, 1.54) is 0 Å². The van der Waals surface area contributed by atoms with Gasteiger partial charge in [-0.1, -0.05) is 22.6 Å². The lowest BCUT2D eigenvalue weighted by Gasteiger charge is -2.30. The van der Waals surface area contributed by atoms with Crippen molar-refractivity contribution >= 4 is 33.2 Å². The van der Waals surface area contributed by atoms with Gasteiger partial charge in [0, 0.05) is 52.4 Å². The Morgan fingerprint density at radius 1 is 0.581 bits per heavy atom. The van der Waals surface area contributed by atoms with E-state index in [-0.39, 0.29) is 0 Å². The summed E-state index contributed by atoms with van der Waals surface area (Å²) in [5.41, 5.74) is 9.37. The van der Waals surface area contributed by atoms with Crippen molar-refractivity contribution in [3.63, 3.8) is 0 Å². The zero-order valence-corrected chi connectivity index (χ0v) is 22.9. The van der Waals surface area contributed by atoms with Crippen LogP contribution in [0, 0.1) is 0 Å². The Bertz CT molecular complexity index is 2160. The molecule has 9 rings (SSSR count). The zero-order valence-electron chi connectivity index (χ0n) is 22.9. The maximum Gasteiger partial charge on any atom is 0.151 e. The minimum absolute atomic E-state index is 0.747. The summed E-state index contributed by atoms with van der Waals surface area (Å²) in [6, 6.07) is 28.6. The highest BCUT2D eigenvalue weighted by Crippen LogP contribution is 2.48. The van der Waals surface area contributed by atoms with E-state index < -0.39 is 0 Å². The molecule has 1 aliphatic heterocycles. The summed E-state index contributed by atoms with van der Waals surface area (Å²) >= 11 is 0. The first-order valence-electron chi connectivity index (χ1n) is 13.9. The summed E-state index contributed by atoms with van der Waals surface area (Å²) in [6.07, 6.45) is 7.73. The molecule has 0 radical (unpaired) electrons. The van der Waals surface area contributed by atoms with Gasteiger partial charge >= 0.3 is 0 Å². The van der Waals surface area contributed by atoms with E-state index >= 15 is 0 Å². The van der Waals surface area contributed by atoms with Gasteiger partial charge in [-0.2, -0.15) is 0 Å². The van der Waals surface area contributed by atoms with Crippen LogP contribution in [0.2, 0.25) is 0 Å². The number of benzene rings is 4. The highest BCUT2D eigenvalue weighted by molar-refractivity contribution is 5.84. The predicted molar refractivity (Wildman–Crippen MR) is 165 cm³/mol. The Hall–Kier alpha value is -6.16. The number of anilines is 2. The van der Waals surface area contributed by atoms with Gasteiger partial charge in [-0.25, -0.2) is 9.36 Å². The molecular formula is C33H23N9O. The molecule has 10 nitrogen and oxygen atoms in total. The number of H-pyrrole nitrogens is 2. The third-order valence-electron chi connectivity index (χ3n) is 8.04. The first-order chi connectivity index (χ1) is 21.2. The second kappa shape index (κ2) is 8.92. The molecule has 0 fully saturated rings. The van der Waals surface area contributed by atoms with Crippen molar-refractivity contribution in [1.82, 2.24) is 40.0 Å². The second-order valence-corrected chi connectivity index (χ2v) is 10.6. The van der Waals surface area contributed by atoms with Gasteiger partial charge in [0.25, 0.3) is 0 Å². The van der Waals surface area contributed by atoms with Gasteiger partial charge in [0.05, 0.1) is 35.1 Å². The van der Waals surface area contributed by atoms with Gasteiger partial charge in [-0.15, -0.1) is 10.2 Å². The fraction of sp³-hybridized carbons (Fsp3) is 0.0303. The average Bonchev–Trinajstić information content (AvgIpc) is 3.86. The van der Waals surface area contributed by atoms with E-state index in [1.54, 1.807) is 9.36 Å². The Morgan fingerprint density at radius 2 is 1.09 bits per heavy atom. The molecule has 0 saturated carbocycles. The first kappa shape index (κ1) is 23.5. The van der Waals surface area contributed by atoms with Gasteiger partial charge in [-0.3, -0.25) is 0 Å². The minimum Gasteiger partial charge on any atom is -0.453 e. The maximum absolute atomic E-state index is 6.48. The van der Waals surface area contributed by atoms with E-state index in [1.807, 2.05) is 92.5 Å². The zero-order chi connectivity index (χ0) is 28.5. The molecule has 4 aromatic heterocycles. The van der Waals surface area contributed by atoms with Gasteiger partial charge in [0.15, 0.2) is 11.5 Å². The fourth-order valence-corrected chi connectivity index (χ4v) is 5.72. The van der Waals surface area contributed by atoms with Crippen LogP contribution in [0.25, 0.3) is 55.7 Å². The van der Waals surface area contributed by atoms with Crippen LogP contribution in [-0.2, 0) is 0 Å². The third kappa shape index (κ3) is 3.81.